The fourth-order valence-corrected chi connectivity index (χ4v) is 2.50. The molecule has 0 radical (unpaired) electrons. The van der Waals surface area contributed by atoms with Gasteiger partial charge in [0.1, 0.15) is 5.75 Å². The Bertz CT molecular complexity index is 528. The summed E-state index contributed by atoms with van der Waals surface area (Å²) in [4.78, 5) is 0.909. The van der Waals surface area contributed by atoms with Gasteiger partial charge in [0.2, 0.25) is 0 Å². The second-order valence-corrected chi connectivity index (χ2v) is 4.71. The molecule has 7 heteroatoms. The average Bonchev–Trinajstić information content (AvgIpc) is 2.82. The van der Waals surface area contributed by atoms with E-state index in [1.165, 1.54) is 29.5 Å². The zero-order chi connectivity index (χ0) is 13.9. The van der Waals surface area contributed by atoms with Gasteiger partial charge in [-0.2, -0.15) is 0 Å². The van der Waals surface area contributed by atoms with Crippen molar-refractivity contribution in [1.29, 1.82) is 0 Å². The number of nitrogens with one attached hydrogen (secondary N) is 1. The smallest absolute Gasteiger partial charge is 0.406 e. The predicted molar refractivity (Wildman–Crippen MR) is 66.6 cm³/mol. The third kappa shape index (κ3) is 3.69. The standard InChI is InChI=1S/C12H11F3N2OS/c13-12(14,15)18-9-4-1-3-8(7-9)11(17-16)10-5-2-6-19-10/h1-7,11,17H,16H2. The second kappa shape index (κ2) is 5.60. The van der Waals surface area contributed by atoms with E-state index in [0.29, 0.717) is 5.56 Å². The summed E-state index contributed by atoms with van der Waals surface area (Å²) in [6.07, 6.45) is -4.70. The lowest BCUT2D eigenvalue weighted by Crippen LogP contribution is -2.28. The van der Waals surface area contributed by atoms with E-state index in [2.05, 4.69) is 10.2 Å². The van der Waals surface area contributed by atoms with E-state index >= 15 is 0 Å². The molecule has 1 atom stereocenters. The molecule has 3 nitrogen and oxygen atoms in total. The van der Waals surface area contributed by atoms with Crippen molar-refractivity contribution in [3.05, 3.63) is 52.2 Å². The zero-order valence-electron chi connectivity index (χ0n) is 9.65. The molecule has 3 N–H and O–H groups in total. The fourth-order valence-electron chi connectivity index (χ4n) is 1.69. The molecule has 0 amide bonds. The van der Waals surface area contributed by atoms with Gasteiger partial charge in [-0.1, -0.05) is 18.2 Å². The zero-order valence-corrected chi connectivity index (χ0v) is 10.5. The van der Waals surface area contributed by atoms with Gasteiger partial charge < -0.3 is 4.74 Å². The number of halogens is 3. The number of hydrazine groups is 1. The number of ether oxygens (including phenoxy) is 1. The highest BCUT2D eigenvalue weighted by Gasteiger charge is 2.31. The molecular formula is C12H11F3N2OS. The minimum Gasteiger partial charge on any atom is -0.406 e. The Balaban J connectivity index is 2.27. The summed E-state index contributed by atoms with van der Waals surface area (Å²) in [5.74, 6) is 5.20. The average molecular weight is 288 g/mol. The monoisotopic (exact) mass is 288 g/mol. The first kappa shape index (κ1) is 13.9. The maximum Gasteiger partial charge on any atom is 0.573 e. The Morgan fingerprint density at radius 3 is 2.58 bits per heavy atom. The van der Waals surface area contributed by atoms with Crippen LogP contribution in [0.25, 0.3) is 0 Å². The van der Waals surface area contributed by atoms with Crippen molar-refractivity contribution in [2.24, 2.45) is 5.84 Å². The minimum absolute atomic E-state index is 0.262. The molecule has 0 spiro atoms. The third-order valence-electron chi connectivity index (χ3n) is 2.42. The molecule has 1 aromatic carbocycles. The van der Waals surface area contributed by atoms with Crippen molar-refractivity contribution in [1.82, 2.24) is 5.43 Å². The van der Waals surface area contributed by atoms with Crippen LogP contribution in [0.5, 0.6) is 5.75 Å². The molecule has 0 saturated heterocycles. The van der Waals surface area contributed by atoms with E-state index in [4.69, 9.17) is 5.84 Å². The van der Waals surface area contributed by atoms with Crippen LogP contribution in [0, 0.1) is 0 Å². The summed E-state index contributed by atoms with van der Waals surface area (Å²) in [5, 5.41) is 1.87. The van der Waals surface area contributed by atoms with E-state index < -0.39 is 6.36 Å². The Hall–Kier alpha value is -1.57. The Kier molecular flexibility index (Phi) is 4.08. The summed E-state index contributed by atoms with van der Waals surface area (Å²) < 4.78 is 40.4. The van der Waals surface area contributed by atoms with Crippen molar-refractivity contribution < 1.29 is 17.9 Å². The predicted octanol–water partition coefficient (Wildman–Crippen LogP) is 3.20. The molecule has 102 valence electrons. The Labute approximate surface area is 111 Å². The minimum atomic E-state index is -4.70. The van der Waals surface area contributed by atoms with Gasteiger partial charge in [-0.25, -0.2) is 5.43 Å². The van der Waals surface area contributed by atoms with Gasteiger partial charge in [-0.05, 0) is 29.1 Å². The summed E-state index contributed by atoms with van der Waals surface area (Å²) in [7, 11) is 0. The summed E-state index contributed by atoms with van der Waals surface area (Å²) in [6, 6.07) is 9.09. The first-order valence-corrected chi connectivity index (χ1v) is 6.23. The first-order valence-electron chi connectivity index (χ1n) is 5.35. The van der Waals surface area contributed by atoms with Gasteiger partial charge in [0.15, 0.2) is 0 Å². The van der Waals surface area contributed by atoms with Gasteiger partial charge in [-0.3, -0.25) is 5.84 Å². The van der Waals surface area contributed by atoms with Gasteiger partial charge >= 0.3 is 6.36 Å². The summed E-state index contributed by atoms with van der Waals surface area (Å²) in [6.45, 7) is 0. The second-order valence-electron chi connectivity index (χ2n) is 3.74. The fraction of sp³-hybridized carbons (Fsp3) is 0.167. The highest BCUT2D eigenvalue weighted by molar-refractivity contribution is 7.10. The quantitative estimate of drug-likeness (QED) is 0.671. The molecule has 0 aliphatic carbocycles. The van der Waals surface area contributed by atoms with Crippen LogP contribution in [-0.4, -0.2) is 6.36 Å². The number of alkyl halides is 3. The van der Waals surface area contributed by atoms with Crippen molar-refractivity contribution in [2.75, 3.05) is 0 Å². The van der Waals surface area contributed by atoms with Crippen LogP contribution >= 0.6 is 11.3 Å². The number of rotatable bonds is 4. The lowest BCUT2D eigenvalue weighted by Gasteiger charge is -2.16. The molecule has 0 saturated carbocycles. The molecular weight excluding hydrogens is 277 g/mol. The molecule has 2 aromatic rings. The molecule has 1 unspecified atom stereocenters. The largest absolute Gasteiger partial charge is 0.573 e. The maximum atomic E-state index is 12.2. The summed E-state index contributed by atoms with van der Waals surface area (Å²) in [5.41, 5.74) is 3.19. The number of hydrogen-bond donors (Lipinski definition) is 2. The van der Waals surface area contributed by atoms with E-state index in [9.17, 15) is 13.2 Å². The number of hydrogen-bond acceptors (Lipinski definition) is 4. The highest BCUT2D eigenvalue weighted by Crippen LogP contribution is 2.29. The van der Waals surface area contributed by atoms with Crippen molar-refractivity contribution in [3.8, 4) is 5.75 Å². The Morgan fingerprint density at radius 1 is 1.21 bits per heavy atom. The van der Waals surface area contributed by atoms with Crippen molar-refractivity contribution >= 4 is 11.3 Å². The Morgan fingerprint density at radius 2 is 2.00 bits per heavy atom. The molecule has 2 rings (SSSR count). The van der Waals surface area contributed by atoms with Crippen LogP contribution in [0.4, 0.5) is 13.2 Å². The van der Waals surface area contributed by atoms with Gasteiger partial charge in [0.25, 0.3) is 0 Å². The van der Waals surface area contributed by atoms with Gasteiger partial charge in [0, 0.05) is 4.88 Å². The van der Waals surface area contributed by atoms with Crippen LogP contribution in [-0.2, 0) is 0 Å². The lowest BCUT2D eigenvalue weighted by atomic mass is 10.1. The molecule has 0 fully saturated rings. The molecule has 1 heterocycles. The van der Waals surface area contributed by atoms with Crippen molar-refractivity contribution in [2.45, 2.75) is 12.4 Å². The van der Waals surface area contributed by atoms with Crippen LogP contribution < -0.4 is 16.0 Å². The van der Waals surface area contributed by atoms with Crippen LogP contribution in [0.15, 0.2) is 41.8 Å². The van der Waals surface area contributed by atoms with E-state index in [1.54, 1.807) is 6.07 Å². The van der Waals surface area contributed by atoms with Gasteiger partial charge in [0.05, 0.1) is 6.04 Å². The number of benzene rings is 1. The first-order chi connectivity index (χ1) is 8.99. The number of thiophene rings is 1. The molecule has 0 aliphatic rings. The molecule has 0 aliphatic heterocycles. The molecule has 1 aromatic heterocycles. The highest BCUT2D eigenvalue weighted by atomic mass is 32.1. The topological polar surface area (TPSA) is 47.3 Å². The van der Waals surface area contributed by atoms with Crippen LogP contribution in [0.2, 0.25) is 0 Å². The normalized spacial score (nSPS) is 13.3. The summed E-state index contributed by atoms with van der Waals surface area (Å²) >= 11 is 1.46. The van der Waals surface area contributed by atoms with Crippen LogP contribution in [0.1, 0.15) is 16.5 Å². The van der Waals surface area contributed by atoms with Crippen LogP contribution in [0.3, 0.4) is 0 Å². The number of nitrogens with two attached hydrogens (primary N) is 1. The lowest BCUT2D eigenvalue weighted by molar-refractivity contribution is -0.274. The van der Waals surface area contributed by atoms with E-state index in [0.717, 1.165) is 4.88 Å². The van der Waals surface area contributed by atoms with Gasteiger partial charge in [-0.15, -0.1) is 24.5 Å². The maximum absolute atomic E-state index is 12.2. The third-order valence-corrected chi connectivity index (χ3v) is 3.36. The molecule has 19 heavy (non-hydrogen) atoms. The van der Waals surface area contributed by atoms with E-state index in [1.807, 2.05) is 17.5 Å². The van der Waals surface area contributed by atoms with E-state index in [-0.39, 0.29) is 11.8 Å². The SMILES string of the molecule is NNC(c1cccc(OC(F)(F)F)c1)c1cccs1. The van der Waals surface area contributed by atoms with Crippen molar-refractivity contribution in [3.63, 3.8) is 0 Å². The molecule has 0 bridgehead atoms.